The summed E-state index contributed by atoms with van der Waals surface area (Å²) in [6, 6.07) is 0. The van der Waals surface area contributed by atoms with E-state index in [0.29, 0.717) is 5.92 Å². The van der Waals surface area contributed by atoms with Crippen molar-refractivity contribution in [1.29, 1.82) is 0 Å². The van der Waals surface area contributed by atoms with Gasteiger partial charge in [0.1, 0.15) is 0 Å². The summed E-state index contributed by atoms with van der Waals surface area (Å²) < 4.78 is 0. The van der Waals surface area contributed by atoms with Gasteiger partial charge in [-0.1, -0.05) is 6.08 Å². The Morgan fingerprint density at radius 1 is 1.27 bits per heavy atom. The van der Waals surface area contributed by atoms with Gasteiger partial charge in [-0.3, -0.25) is 4.79 Å². The minimum absolute atomic E-state index is 0.0585. The number of rotatable bonds is 1. The molecule has 0 aromatic heterocycles. The van der Waals surface area contributed by atoms with Crippen LogP contribution in [0.25, 0.3) is 0 Å². The standard InChI is InChI=1S/C8H12N2O/c11-8-7(5-6-1-2-6)9-3-4-10-8/h5-6,9H,1-4H2,(H,10,11). The number of amides is 1. The van der Waals surface area contributed by atoms with Gasteiger partial charge in [0, 0.05) is 13.1 Å². The van der Waals surface area contributed by atoms with Crippen molar-refractivity contribution in [3.8, 4) is 0 Å². The molecule has 60 valence electrons. The molecule has 1 amide bonds. The lowest BCUT2D eigenvalue weighted by Crippen LogP contribution is -2.42. The Morgan fingerprint density at radius 2 is 2.00 bits per heavy atom. The molecule has 0 aromatic rings. The highest BCUT2D eigenvalue weighted by molar-refractivity contribution is 5.93. The van der Waals surface area contributed by atoms with Gasteiger partial charge in [0.25, 0.3) is 5.91 Å². The minimum atomic E-state index is 0.0585. The number of allylic oxidation sites excluding steroid dienone is 1. The number of piperazine rings is 1. The van der Waals surface area contributed by atoms with Crippen LogP contribution >= 0.6 is 0 Å². The van der Waals surface area contributed by atoms with Gasteiger partial charge in [-0.05, 0) is 18.8 Å². The van der Waals surface area contributed by atoms with E-state index in [1.807, 2.05) is 0 Å². The number of nitrogens with one attached hydrogen (secondary N) is 2. The zero-order valence-corrected chi connectivity index (χ0v) is 6.39. The van der Waals surface area contributed by atoms with Crippen LogP contribution in [0, 0.1) is 5.92 Å². The quantitative estimate of drug-likeness (QED) is 0.519. The normalized spacial score (nSPS) is 28.0. The van der Waals surface area contributed by atoms with Gasteiger partial charge in [-0.15, -0.1) is 0 Å². The van der Waals surface area contributed by atoms with Crippen LogP contribution in [0.4, 0.5) is 0 Å². The Labute approximate surface area is 65.9 Å². The summed E-state index contributed by atoms with van der Waals surface area (Å²) in [6.07, 6.45) is 4.55. The fraction of sp³-hybridized carbons (Fsp3) is 0.625. The molecule has 2 rings (SSSR count). The van der Waals surface area contributed by atoms with Crippen LogP contribution in [-0.2, 0) is 4.79 Å². The van der Waals surface area contributed by atoms with Crippen molar-refractivity contribution in [1.82, 2.24) is 10.6 Å². The smallest absolute Gasteiger partial charge is 0.267 e. The van der Waals surface area contributed by atoms with E-state index >= 15 is 0 Å². The maximum atomic E-state index is 11.1. The number of hydrogen-bond acceptors (Lipinski definition) is 2. The second kappa shape index (κ2) is 2.57. The van der Waals surface area contributed by atoms with Crippen LogP contribution in [0.1, 0.15) is 12.8 Å². The van der Waals surface area contributed by atoms with E-state index in [2.05, 4.69) is 16.7 Å². The van der Waals surface area contributed by atoms with Crippen molar-refractivity contribution < 1.29 is 4.79 Å². The van der Waals surface area contributed by atoms with Crippen molar-refractivity contribution >= 4 is 5.91 Å². The molecule has 1 heterocycles. The topological polar surface area (TPSA) is 41.1 Å². The maximum absolute atomic E-state index is 11.1. The molecule has 1 aliphatic carbocycles. The molecule has 2 fully saturated rings. The van der Waals surface area contributed by atoms with Gasteiger partial charge in [-0.25, -0.2) is 0 Å². The van der Waals surface area contributed by atoms with Gasteiger partial charge < -0.3 is 10.6 Å². The first-order chi connectivity index (χ1) is 5.36. The number of hydrogen-bond donors (Lipinski definition) is 2. The summed E-state index contributed by atoms with van der Waals surface area (Å²) in [5.41, 5.74) is 0.777. The van der Waals surface area contributed by atoms with E-state index < -0.39 is 0 Å². The van der Waals surface area contributed by atoms with Crippen LogP contribution < -0.4 is 10.6 Å². The molecule has 0 radical (unpaired) electrons. The molecule has 2 N–H and O–H groups in total. The van der Waals surface area contributed by atoms with Crippen LogP contribution in [0.3, 0.4) is 0 Å². The lowest BCUT2D eigenvalue weighted by atomic mass is 10.2. The Kier molecular flexibility index (Phi) is 1.56. The lowest BCUT2D eigenvalue weighted by molar-refractivity contribution is -0.118. The zero-order valence-electron chi connectivity index (χ0n) is 6.39. The molecule has 2 aliphatic rings. The van der Waals surface area contributed by atoms with Crippen LogP contribution in [-0.4, -0.2) is 19.0 Å². The van der Waals surface area contributed by atoms with Crippen molar-refractivity contribution in [3.05, 3.63) is 11.8 Å². The SMILES string of the molecule is O=C1NCCNC1=CC1CC1. The Bertz CT molecular complexity index is 206. The average Bonchev–Trinajstić information content (AvgIpc) is 2.78. The zero-order chi connectivity index (χ0) is 7.68. The fourth-order valence-corrected chi connectivity index (χ4v) is 1.18. The first kappa shape index (κ1) is 6.70. The fourth-order valence-electron chi connectivity index (χ4n) is 1.18. The van der Waals surface area contributed by atoms with E-state index in [-0.39, 0.29) is 5.91 Å². The molecule has 1 saturated carbocycles. The highest BCUT2D eigenvalue weighted by Crippen LogP contribution is 2.31. The van der Waals surface area contributed by atoms with Gasteiger partial charge in [-0.2, -0.15) is 0 Å². The summed E-state index contributed by atoms with van der Waals surface area (Å²) in [4.78, 5) is 11.1. The molecule has 1 aliphatic heterocycles. The highest BCUT2D eigenvalue weighted by atomic mass is 16.2. The molecule has 3 nitrogen and oxygen atoms in total. The molecule has 0 atom stereocenters. The van der Waals surface area contributed by atoms with E-state index in [1.165, 1.54) is 12.8 Å². The second-order valence-corrected chi connectivity index (χ2v) is 3.10. The van der Waals surface area contributed by atoms with E-state index in [9.17, 15) is 4.79 Å². The summed E-state index contributed by atoms with van der Waals surface area (Å²) in [6.45, 7) is 1.62. The molecule has 1 saturated heterocycles. The monoisotopic (exact) mass is 152 g/mol. The van der Waals surface area contributed by atoms with E-state index in [4.69, 9.17) is 0 Å². The van der Waals surface area contributed by atoms with Crippen molar-refractivity contribution in [2.45, 2.75) is 12.8 Å². The molecular formula is C8H12N2O. The van der Waals surface area contributed by atoms with Gasteiger partial charge >= 0.3 is 0 Å². The first-order valence-electron chi connectivity index (χ1n) is 4.10. The Hall–Kier alpha value is -0.990. The molecule has 0 unspecified atom stereocenters. The molecule has 0 spiro atoms. The number of carbonyl (C=O) groups is 1. The van der Waals surface area contributed by atoms with Crippen LogP contribution in [0.2, 0.25) is 0 Å². The third-order valence-electron chi connectivity index (χ3n) is 2.00. The van der Waals surface area contributed by atoms with Crippen molar-refractivity contribution in [2.24, 2.45) is 5.92 Å². The van der Waals surface area contributed by atoms with Crippen molar-refractivity contribution in [3.63, 3.8) is 0 Å². The largest absolute Gasteiger partial charge is 0.379 e. The van der Waals surface area contributed by atoms with E-state index in [1.54, 1.807) is 0 Å². The number of carbonyl (C=O) groups excluding carboxylic acids is 1. The third kappa shape index (κ3) is 1.53. The maximum Gasteiger partial charge on any atom is 0.267 e. The van der Waals surface area contributed by atoms with Gasteiger partial charge in [0.15, 0.2) is 0 Å². The molecule has 0 aromatic carbocycles. The predicted molar refractivity (Wildman–Crippen MR) is 41.8 cm³/mol. The predicted octanol–water partition coefficient (Wildman–Crippen LogP) is -0.000300. The second-order valence-electron chi connectivity index (χ2n) is 3.10. The van der Waals surface area contributed by atoms with Crippen molar-refractivity contribution in [2.75, 3.05) is 13.1 Å². The lowest BCUT2D eigenvalue weighted by Gasteiger charge is -2.16. The minimum Gasteiger partial charge on any atom is -0.379 e. The van der Waals surface area contributed by atoms with E-state index in [0.717, 1.165) is 18.8 Å². The van der Waals surface area contributed by atoms with Crippen LogP contribution in [0.5, 0.6) is 0 Å². The Balaban J connectivity index is 2.03. The molecular weight excluding hydrogens is 140 g/mol. The Morgan fingerprint density at radius 3 is 2.64 bits per heavy atom. The summed E-state index contributed by atoms with van der Waals surface area (Å²) >= 11 is 0. The molecule has 0 bridgehead atoms. The third-order valence-corrected chi connectivity index (χ3v) is 2.00. The summed E-state index contributed by atoms with van der Waals surface area (Å²) in [5.74, 6) is 0.726. The van der Waals surface area contributed by atoms with Crippen LogP contribution in [0.15, 0.2) is 11.8 Å². The molecule has 11 heavy (non-hydrogen) atoms. The molecule has 3 heteroatoms. The van der Waals surface area contributed by atoms with Gasteiger partial charge in [0.2, 0.25) is 0 Å². The highest BCUT2D eigenvalue weighted by Gasteiger charge is 2.22. The van der Waals surface area contributed by atoms with Gasteiger partial charge in [0.05, 0.1) is 5.70 Å². The first-order valence-corrected chi connectivity index (χ1v) is 4.10. The summed E-state index contributed by atoms with van der Waals surface area (Å²) in [5, 5.41) is 5.88. The summed E-state index contributed by atoms with van der Waals surface area (Å²) in [7, 11) is 0. The average molecular weight is 152 g/mol.